The highest BCUT2D eigenvalue weighted by Gasteiger charge is 2.29. The highest BCUT2D eigenvalue weighted by atomic mass is 16.5. The molecule has 3 aromatic rings. The second-order valence-corrected chi connectivity index (χ2v) is 7.57. The summed E-state index contributed by atoms with van der Waals surface area (Å²) >= 11 is 0. The number of hydrogen-bond donors (Lipinski definition) is 0. The van der Waals surface area contributed by atoms with Crippen molar-refractivity contribution in [1.29, 1.82) is 0 Å². The van der Waals surface area contributed by atoms with Crippen molar-refractivity contribution in [3.8, 4) is 0 Å². The molecular weight excluding hydrogens is 362 g/mol. The predicted molar refractivity (Wildman–Crippen MR) is 111 cm³/mol. The maximum atomic E-state index is 13.3. The Hall–Kier alpha value is -3.40. The smallest absolute Gasteiger partial charge is 0.339 e. The molecule has 1 amide bonds. The average Bonchev–Trinajstić information content (AvgIpc) is 2.78. The quantitative estimate of drug-likeness (QED) is 0.601. The van der Waals surface area contributed by atoms with E-state index in [1.54, 1.807) is 12.1 Å². The minimum atomic E-state index is -0.331. The topological polar surface area (TPSA) is 46.6 Å². The standard InChI is InChI=1S/C25H21NO3/c27-24(26-14-6-10-17-7-4-5-11-22(17)26)19-12-13-21-20(15-19)16-23(29-25(21)28)18-8-2-1-3-9-18/h1-5,7-9,11-13,15,23H,6,10,14,16H2/t23-/m1/s1. The van der Waals surface area contributed by atoms with E-state index in [0.717, 1.165) is 29.7 Å². The van der Waals surface area contributed by atoms with Gasteiger partial charge in [0.2, 0.25) is 0 Å². The van der Waals surface area contributed by atoms with Gasteiger partial charge >= 0.3 is 5.97 Å². The van der Waals surface area contributed by atoms with Crippen LogP contribution in [0.25, 0.3) is 0 Å². The lowest BCUT2D eigenvalue weighted by atomic mass is 9.92. The van der Waals surface area contributed by atoms with Crippen LogP contribution in [-0.4, -0.2) is 18.4 Å². The SMILES string of the molecule is O=C1O[C@@H](c2ccccc2)Cc2cc(C(=O)N3CCCc4ccccc43)ccc21. The highest BCUT2D eigenvalue weighted by Crippen LogP contribution is 2.32. The number of carbonyl (C=O) groups is 2. The summed E-state index contributed by atoms with van der Waals surface area (Å²) in [5.74, 6) is -0.349. The summed E-state index contributed by atoms with van der Waals surface area (Å²) in [7, 11) is 0. The predicted octanol–water partition coefficient (Wildman–Crippen LogP) is 4.73. The minimum Gasteiger partial charge on any atom is -0.454 e. The molecule has 2 aliphatic rings. The van der Waals surface area contributed by atoms with Gasteiger partial charge in [-0.2, -0.15) is 0 Å². The molecule has 0 aromatic heterocycles. The van der Waals surface area contributed by atoms with Crippen LogP contribution >= 0.6 is 0 Å². The summed E-state index contributed by atoms with van der Waals surface area (Å²) in [6.07, 6.45) is 2.20. The molecular formula is C25H21NO3. The van der Waals surface area contributed by atoms with Crippen LogP contribution in [0.3, 0.4) is 0 Å². The molecule has 144 valence electrons. The molecule has 0 aliphatic carbocycles. The molecule has 5 rings (SSSR count). The first-order chi connectivity index (χ1) is 14.2. The Labute approximate surface area is 169 Å². The maximum Gasteiger partial charge on any atom is 0.339 e. The van der Waals surface area contributed by atoms with E-state index in [9.17, 15) is 9.59 Å². The van der Waals surface area contributed by atoms with Crippen molar-refractivity contribution in [2.45, 2.75) is 25.4 Å². The molecule has 0 N–H and O–H groups in total. The molecule has 1 atom stereocenters. The Morgan fingerprint density at radius 1 is 0.931 bits per heavy atom. The molecule has 0 radical (unpaired) electrons. The number of ether oxygens (including phenoxy) is 1. The number of nitrogens with zero attached hydrogens (tertiary/aromatic N) is 1. The van der Waals surface area contributed by atoms with E-state index >= 15 is 0 Å². The lowest BCUT2D eigenvalue weighted by Gasteiger charge is -2.30. The van der Waals surface area contributed by atoms with Gasteiger partial charge < -0.3 is 9.64 Å². The van der Waals surface area contributed by atoms with E-state index < -0.39 is 0 Å². The van der Waals surface area contributed by atoms with Gasteiger partial charge in [0, 0.05) is 24.2 Å². The van der Waals surface area contributed by atoms with Gasteiger partial charge in [0.15, 0.2) is 0 Å². The highest BCUT2D eigenvalue weighted by molar-refractivity contribution is 6.07. The van der Waals surface area contributed by atoms with Crippen LogP contribution in [0.1, 0.15) is 49.9 Å². The van der Waals surface area contributed by atoms with Crippen molar-refractivity contribution < 1.29 is 14.3 Å². The second kappa shape index (κ2) is 7.21. The zero-order valence-electron chi connectivity index (χ0n) is 16.0. The van der Waals surface area contributed by atoms with Crippen LogP contribution in [0.2, 0.25) is 0 Å². The van der Waals surface area contributed by atoms with Gasteiger partial charge in [-0.25, -0.2) is 4.79 Å². The van der Waals surface area contributed by atoms with Crippen LogP contribution in [-0.2, 0) is 17.6 Å². The van der Waals surface area contributed by atoms with Gasteiger partial charge in [0.05, 0.1) is 5.56 Å². The zero-order valence-corrected chi connectivity index (χ0v) is 16.0. The molecule has 3 aromatic carbocycles. The van der Waals surface area contributed by atoms with E-state index in [-0.39, 0.29) is 18.0 Å². The Balaban J connectivity index is 1.47. The van der Waals surface area contributed by atoms with Gasteiger partial charge in [0.25, 0.3) is 5.91 Å². The van der Waals surface area contributed by atoms with Crippen molar-refractivity contribution in [3.63, 3.8) is 0 Å². The van der Waals surface area contributed by atoms with Crippen molar-refractivity contribution in [3.05, 3.63) is 101 Å². The van der Waals surface area contributed by atoms with Gasteiger partial charge in [-0.1, -0.05) is 48.5 Å². The summed E-state index contributed by atoms with van der Waals surface area (Å²) in [5, 5.41) is 0. The summed E-state index contributed by atoms with van der Waals surface area (Å²) in [6.45, 7) is 0.710. The van der Waals surface area contributed by atoms with Crippen molar-refractivity contribution >= 4 is 17.6 Å². The first-order valence-corrected chi connectivity index (χ1v) is 9.99. The fraction of sp³-hybridized carbons (Fsp3) is 0.200. The number of rotatable bonds is 2. The third-order valence-corrected chi connectivity index (χ3v) is 5.75. The van der Waals surface area contributed by atoms with Gasteiger partial charge in [0.1, 0.15) is 6.10 Å². The molecule has 0 bridgehead atoms. The van der Waals surface area contributed by atoms with E-state index in [1.807, 2.05) is 59.5 Å². The fourth-order valence-corrected chi connectivity index (χ4v) is 4.28. The van der Waals surface area contributed by atoms with E-state index in [2.05, 4.69) is 6.07 Å². The number of esters is 1. The third-order valence-electron chi connectivity index (χ3n) is 5.75. The molecule has 4 nitrogen and oxygen atoms in total. The Kier molecular flexibility index (Phi) is 4.39. The Morgan fingerprint density at radius 2 is 1.72 bits per heavy atom. The number of benzene rings is 3. The van der Waals surface area contributed by atoms with Crippen LogP contribution in [0, 0.1) is 0 Å². The molecule has 0 saturated heterocycles. The van der Waals surface area contributed by atoms with Crippen LogP contribution in [0.5, 0.6) is 0 Å². The number of hydrogen-bond acceptors (Lipinski definition) is 3. The summed E-state index contributed by atoms with van der Waals surface area (Å²) in [5.41, 5.74) is 5.19. The Morgan fingerprint density at radius 3 is 2.59 bits per heavy atom. The minimum absolute atomic E-state index is 0.0184. The molecule has 0 saturated carbocycles. The molecule has 0 fully saturated rings. The first-order valence-electron chi connectivity index (χ1n) is 9.99. The molecule has 4 heteroatoms. The van der Waals surface area contributed by atoms with E-state index in [0.29, 0.717) is 24.1 Å². The zero-order chi connectivity index (χ0) is 19.8. The summed E-state index contributed by atoms with van der Waals surface area (Å²) in [6, 6.07) is 23.1. The van der Waals surface area contributed by atoms with Crippen molar-refractivity contribution in [2.24, 2.45) is 0 Å². The monoisotopic (exact) mass is 383 g/mol. The number of amides is 1. The summed E-state index contributed by atoms with van der Waals surface area (Å²) in [4.78, 5) is 27.6. The number of aryl methyl sites for hydroxylation is 1. The first kappa shape index (κ1) is 17.7. The largest absolute Gasteiger partial charge is 0.454 e. The van der Waals surface area contributed by atoms with Crippen LogP contribution in [0.15, 0.2) is 72.8 Å². The van der Waals surface area contributed by atoms with E-state index in [1.165, 1.54) is 5.56 Å². The van der Waals surface area contributed by atoms with Gasteiger partial charge in [-0.3, -0.25) is 4.79 Å². The lowest BCUT2D eigenvalue weighted by Crippen LogP contribution is -2.35. The summed E-state index contributed by atoms with van der Waals surface area (Å²) < 4.78 is 5.63. The fourth-order valence-electron chi connectivity index (χ4n) is 4.28. The van der Waals surface area contributed by atoms with Gasteiger partial charge in [-0.15, -0.1) is 0 Å². The molecule has 0 spiro atoms. The number of carbonyl (C=O) groups excluding carboxylic acids is 2. The third kappa shape index (κ3) is 3.21. The number of para-hydroxylation sites is 1. The van der Waals surface area contributed by atoms with Gasteiger partial charge in [-0.05, 0) is 53.8 Å². The normalized spacial score (nSPS) is 17.9. The van der Waals surface area contributed by atoms with Crippen LogP contribution < -0.4 is 4.90 Å². The molecule has 2 heterocycles. The molecule has 2 aliphatic heterocycles. The van der Waals surface area contributed by atoms with E-state index in [4.69, 9.17) is 4.74 Å². The van der Waals surface area contributed by atoms with Crippen molar-refractivity contribution in [2.75, 3.05) is 11.4 Å². The second-order valence-electron chi connectivity index (χ2n) is 7.57. The molecule has 0 unspecified atom stereocenters. The molecule has 29 heavy (non-hydrogen) atoms. The van der Waals surface area contributed by atoms with Crippen LogP contribution in [0.4, 0.5) is 5.69 Å². The van der Waals surface area contributed by atoms with Crippen molar-refractivity contribution in [1.82, 2.24) is 0 Å². The lowest BCUT2D eigenvalue weighted by molar-refractivity contribution is 0.0252. The average molecular weight is 383 g/mol. The number of fused-ring (bicyclic) bond motifs is 2. The number of cyclic esters (lactones) is 1. The number of anilines is 1. The maximum absolute atomic E-state index is 13.3. The Bertz CT molecular complexity index is 1090.